The molecule has 0 unspecified atom stereocenters. The third-order valence-corrected chi connectivity index (χ3v) is 3.36. The third-order valence-electron chi connectivity index (χ3n) is 3.05. The summed E-state index contributed by atoms with van der Waals surface area (Å²) in [6.45, 7) is 2.39. The molecule has 1 aromatic heterocycles. The van der Waals surface area contributed by atoms with Gasteiger partial charge in [-0.15, -0.1) is 0 Å². The first kappa shape index (κ1) is 12.9. The van der Waals surface area contributed by atoms with Gasteiger partial charge in [0.05, 0.1) is 17.8 Å². The molecule has 2 N–H and O–H groups in total. The largest absolute Gasteiger partial charge is 0.497 e. The second-order valence-electron chi connectivity index (χ2n) is 4.08. The van der Waals surface area contributed by atoms with Gasteiger partial charge in [0.2, 0.25) is 0 Å². The molecule has 2 rings (SSSR count). The topological polar surface area (TPSA) is 53.1 Å². The van der Waals surface area contributed by atoms with E-state index in [0.29, 0.717) is 11.6 Å². The molecule has 0 amide bonds. The minimum Gasteiger partial charge on any atom is -0.497 e. The Kier molecular flexibility index (Phi) is 3.59. The van der Waals surface area contributed by atoms with Crippen LogP contribution in [-0.4, -0.2) is 16.9 Å². The molecule has 1 heterocycles. The first-order valence-electron chi connectivity index (χ1n) is 5.65. The van der Waals surface area contributed by atoms with E-state index < -0.39 is 0 Å². The molecule has 1 aromatic carbocycles. The van der Waals surface area contributed by atoms with Crippen molar-refractivity contribution >= 4 is 11.6 Å². The lowest BCUT2D eigenvalue weighted by Crippen LogP contribution is -2.00. The molecule has 4 nitrogen and oxygen atoms in total. The van der Waals surface area contributed by atoms with Gasteiger partial charge in [-0.05, 0) is 25.1 Å². The molecule has 0 atom stereocenters. The van der Waals surface area contributed by atoms with Gasteiger partial charge in [-0.2, -0.15) is 5.10 Å². The van der Waals surface area contributed by atoms with Crippen LogP contribution in [0.5, 0.6) is 5.75 Å². The highest BCUT2D eigenvalue weighted by Gasteiger charge is 2.16. The van der Waals surface area contributed by atoms with E-state index in [4.69, 9.17) is 22.1 Å². The van der Waals surface area contributed by atoms with E-state index in [1.165, 1.54) is 0 Å². The van der Waals surface area contributed by atoms with Crippen LogP contribution >= 0.6 is 11.6 Å². The van der Waals surface area contributed by atoms with E-state index in [0.717, 1.165) is 28.3 Å². The van der Waals surface area contributed by atoms with E-state index in [-0.39, 0.29) is 0 Å². The molecule has 18 heavy (non-hydrogen) atoms. The Bertz CT molecular complexity index is 578. The van der Waals surface area contributed by atoms with Crippen LogP contribution in [0, 0.1) is 6.92 Å². The molecule has 5 heteroatoms. The highest BCUT2D eigenvalue weighted by atomic mass is 35.5. The number of aromatic nitrogens is 2. The van der Waals surface area contributed by atoms with Crippen LogP contribution in [0.15, 0.2) is 18.2 Å². The fourth-order valence-electron chi connectivity index (χ4n) is 2.00. The standard InChI is InChI=1S/C13H16ClN3O/c1-8-13(12(7-15)16-17(8)2)10-5-4-9(18-3)6-11(10)14/h4-6H,7,15H2,1-3H3. The summed E-state index contributed by atoms with van der Waals surface area (Å²) in [5, 5.41) is 5.03. The highest BCUT2D eigenvalue weighted by molar-refractivity contribution is 6.33. The molecule has 0 aliphatic heterocycles. The fourth-order valence-corrected chi connectivity index (χ4v) is 2.26. The molecule has 2 aromatic rings. The average Bonchev–Trinajstić information content (AvgIpc) is 2.65. The van der Waals surface area contributed by atoms with Gasteiger partial charge in [0.25, 0.3) is 0 Å². The van der Waals surface area contributed by atoms with Crippen molar-refractivity contribution in [2.24, 2.45) is 12.8 Å². The van der Waals surface area contributed by atoms with Crippen LogP contribution in [0.25, 0.3) is 11.1 Å². The molecule has 0 saturated heterocycles. The van der Waals surface area contributed by atoms with Crippen molar-refractivity contribution in [3.63, 3.8) is 0 Å². The Morgan fingerprint density at radius 3 is 2.72 bits per heavy atom. The van der Waals surface area contributed by atoms with Crippen molar-refractivity contribution in [1.29, 1.82) is 0 Å². The Hall–Kier alpha value is -1.52. The highest BCUT2D eigenvalue weighted by Crippen LogP contribution is 2.34. The molecule has 0 saturated carbocycles. The maximum absolute atomic E-state index is 6.30. The quantitative estimate of drug-likeness (QED) is 0.928. The lowest BCUT2D eigenvalue weighted by molar-refractivity contribution is 0.415. The smallest absolute Gasteiger partial charge is 0.120 e. The maximum Gasteiger partial charge on any atom is 0.120 e. The van der Waals surface area contributed by atoms with Gasteiger partial charge in [-0.25, -0.2) is 0 Å². The summed E-state index contributed by atoms with van der Waals surface area (Å²) in [5.74, 6) is 0.736. The van der Waals surface area contributed by atoms with Crippen molar-refractivity contribution < 1.29 is 4.74 Å². The van der Waals surface area contributed by atoms with Crippen molar-refractivity contribution in [2.75, 3.05) is 7.11 Å². The summed E-state index contributed by atoms with van der Waals surface area (Å²) in [4.78, 5) is 0. The molecule has 96 valence electrons. The Labute approximate surface area is 111 Å². The molecule has 0 aliphatic rings. The molecule has 0 radical (unpaired) electrons. The number of rotatable bonds is 3. The number of benzene rings is 1. The minimum absolute atomic E-state index is 0.388. The van der Waals surface area contributed by atoms with Gasteiger partial charge in [-0.3, -0.25) is 4.68 Å². The molecule has 0 fully saturated rings. The predicted molar refractivity (Wildman–Crippen MR) is 72.8 cm³/mol. The van der Waals surface area contributed by atoms with Crippen LogP contribution in [0.1, 0.15) is 11.4 Å². The summed E-state index contributed by atoms with van der Waals surface area (Å²) in [6, 6.07) is 5.61. The van der Waals surface area contributed by atoms with E-state index >= 15 is 0 Å². The van der Waals surface area contributed by atoms with Gasteiger partial charge in [0.15, 0.2) is 0 Å². The third kappa shape index (κ3) is 2.09. The lowest BCUT2D eigenvalue weighted by Gasteiger charge is -2.08. The maximum atomic E-state index is 6.30. The van der Waals surface area contributed by atoms with Gasteiger partial charge in [0, 0.05) is 30.4 Å². The number of nitrogens with zero attached hydrogens (tertiary/aromatic N) is 2. The second-order valence-corrected chi connectivity index (χ2v) is 4.49. The Morgan fingerprint density at radius 1 is 1.44 bits per heavy atom. The second kappa shape index (κ2) is 5.00. The van der Waals surface area contributed by atoms with Crippen LogP contribution in [0.3, 0.4) is 0 Å². The van der Waals surface area contributed by atoms with Crippen molar-refractivity contribution in [3.8, 4) is 16.9 Å². The molecule has 0 spiro atoms. The predicted octanol–water partition coefficient (Wildman–Crippen LogP) is 2.52. The summed E-state index contributed by atoms with van der Waals surface area (Å²) < 4.78 is 6.97. The zero-order chi connectivity index (χ0) is 13.3. The van der Waals surface area contributed by atoms with Gasteiger partial charge in [0.1, 0.15) is 5.75 Å². The first-order chi connectivity index (χ1) is 8.58. The zero-order valence-electron chi connectivity index (χ0n) is 10.7. The Morgan fingerprint density at radius 2 is 2.17 bits per heavy atom. The number of halogens is 1. The van der Waals surface area contributed by atoms with E-state index in [2.05, 4.69) is 5.10 Å². The van der Waals surface area contributed by atoms with Crippen LogP contribution in [-0.2, 0) is 13.6 Å². The fraction of sp³-hybridized carbons (Fsp3) is 0.308. The number of hydrogen-bond acceptors (Lipinski definition) is 3. The van der Waals surface area contributed by atoms with E-state index in [1.807, 2.05) is 30.8 Å². The van der Waals surface area contributed by atoms with E-state index in [1.54, 1.807) is 13.2 Å². The molecular weight excluding hydrogens is 250 g/mol. The van der Waals surface area contributed by atoms with Gasteiger partial charge in [-0.1, -0.05) is 11.6 Å². The number of hydrogen-bond donors (Lipinski definition) is 1. The van der Waals surface area contributed by atoms with Crippen LogP contribution in [0.2, 0.25) is 5.02 Å². The zero-order valence-corrected chi connectivity index (χ0v) is 11.5. The minimum atomic E-state index is 0.388. The van der Waals surface area contributed by atoms with Gasteiger partial charge < -0.3 is 10.5 Å². The SMILES string of the molecule is COc1ccc(-c2c(CN)nn(C)c2C)c(Cl)c1. The monoisotopic (exact) mass is 265 g/mol. The number of methoxy groups -OCH3 is 1. The molecule has 0 aliphatic carbocycles. The van der Waals surface area contributed by atoms with Crippen molar-refractivity contribution in [2.45, 2.75) is 13.5 Å². The first-order valence-corrected chi connectivity index (χ1v) is 6.02. The molecular formula is C13H16ClN3O. The summed E-state index contributed by atoms with van der Waals surface area (Å²) in [5.41, 5.74) is 9.57. The summed E-state index contributed by atoms with van der Waals surface area (Å²) in [7, 11) is 3.52. The lowest BCUT2D eigenvalue weighted by atomic mass is 10.0. The number of nitrogens with two attached hydrogens (primary N) is 1. The normalized spacial score (nSPS) is 10.7. The summed E-state index contributed by atoms with van der Waals surface area (Å²) >= 11 is 6.30. The molecule has 0 bridgehead atoms. The van der Waals surface area contributed by atoms with E-state index in [9.17, 15) is 0 Å². The number of aryl methyl sites for hydroxylation is 1. The van der Waals surface area contributed by atoms with Crippen molar-refractivity contribution in [3.05, 3.63) is 34.6 Å². The summed E-state index contributed by atoms with van der Waals surface area (Å²) in [6.07, 6.45) is 0. The van der Waals surface area contributed by atoms with Crippen LogP contribution < -0.4 is 10.5 Å². The number of ether oxygens (including phenoxy) is 1. The Balaban J connectivity index is 2.61. The average molecular weight is 266 g/mol. The van der Waals surface area contributed by atoms with Crippen molar-refractivity contribution in [1.82, 2.24) is 9.78 Å². The van der Waals surface area contributed by atoms with Gasteiger partial charge >= 0.3 is 0 Å². The van der Waals surface area contributed by atoms with Crippen LogP contribution in [0.4, 0.5) is 0 Å².